The van der Waals surface area contributed by atoms with Gasteiger partial charge in [0.15, 0.2) is 5.82 Å². The van der Waals surface area contributed by atoms with Gasteiger partial charge in [-0.1, -0.05) is 41.5 Å². The minimum atomic E-state index is -0.664. The molecule has 0 aliphatic carbocycles. The third kappa shape index (κ3) is 2.86. The van der Waals surface area contributed by atoms with Crippen LogP contribution in [0.3, 0.4) is 0 Å². The van der Waals surface area contributed by atoms with Gasteiger partial charge in [0.1, 0.15) is 17.2 Å². The third-order valence-electron chi connectivity index (χ3n) is 5.12. The lowest BCUT2D eigenvalue weighted by atomic mass is 10.0. The molecule has 2 aromatic heterocycles. The zero-order chi connectivity index (χ0) is 20.1. The Morgan fingerprint density at radius 1 is 0.793 bits per heavy atom. The minimum Gasteiger partial charge on any atom is -0.255 e. The molecule has 0 aliphatic rings. The first-order chi connectivity index (χ1) is 14.0. The van der Waals surface area contributed by atoms with Crippen molar-refractivity contribution in [1.29, 1.82) is 0 Å². The summed E-state index contributed by atoms with van der Waals surface area (Å²) in [5.74, 6) is -1.29. The summed E-state index contributed by atoms with van der Waals surface area (Å²) in [6, 6.07) is 17.5. The van der Waals surface area contributed by atoms with Gasteiger partial charge in [-0.2, -0.15) is 5.10 Å². The van der Waals surface area contributed by atoms with E-state index in [0.29, 0.717) is 5.69 Å². The molecule has 0 saturated carbocycles. The number of aryl methyl sites for hydroxylation is 2. The van der Waals surface area contributed by atoms with E-state index >= 15 is 0 Å². The Hall–Kier alpha value is -3.60. The SMILES string of the molecule is Cc1ccc(-c2nn(-c3ccc(F)cc3F)c3c2cnc2ccc(C)cc23)cc1. The third-order valence-corrected chi connectivity index (χ3v) is 5.12. The highest BCUT2D eigenvalue weighted by Gasteiger charge is 2.19. The topological polar surface area (TPSA) is 30.7 Å². The van der Waals surface area contributed by atoms with Crippen LogP contribution in [0.15, 0.2) is 66.9 Å². The minimum absolute atomic E-state index is 0.198. The highest BCUT2D eigenvalue weighted by atomic mass is 19.1. The summed E-state index contributed by atoms with van der Waals surface area (Å²) >= 11 is 0. The average Bonchev–Trinajstić information content (AvgIpc) is 3.08. The molecule has 0 bridgehead atoms. The van der Waals surface area contributed by atoms with Gasteiger partial charge >= 0.3 is 0 Å². The number of hydrogen-bond acceptors (Lipinski definition) is 2. The molecule has 0 fully saturated rings. The maximum atomic E-state index is 14.7. The molecule has 0 aliphatic heterocycles. The van der Waals surface area contributed by atoms with Crippen molar-refractivity contribution in [2.24, 2.45) is 0 Å². The van der Waals surface area contributed by atoms with Crippen LogP contribution in [0.4, 0.5) is 8.78 Å². The Labute approximate surface area is 166 Å². The second-order valence-electron chi connectivity index (χ2n) is 7.26. The molecule has 0 spiro atoms. The van der Waals surface area contributed by atoms with Crippen molar-refractivity contribution in [2.45, 2.75) is 13.8 Å². The van der Waals surface area contributed by atoms with Gasteiger partial charge in [0.2, 0.25) is 0 Å². The van der Waals surface area contributed by atoms with E-state index < -0.39 is 11.6 Å². The predicted octanol–water partition coefficient (Wildman–Crippen LogP) is 6.14. The largest absolute Gasteiger partial charge is 0.255 e. The Morgan fingerprint density at radius 3 is 2.31 bits per heavy atom. The van der Waals surface area contributed by atoms with Gasteiger partial charge in [-0.05, 0) is 38.1 Å². The molecule has 29 heavy (non-hydrogen) atoms. The zero-order valence-electron chi connectivity index (χ0n) is 15.9. The molecule has 3 nitrogen and oxygen atoms in total. The lowest BCUT2D eigenvalue weighted by molar-refractivity contribution is 0.575. The lowest BCUT2D eigenvalue weighted by Gasteiger charge is -2.07. The number of aromatic nitrogens is 3. The summed E-state index contributed by atoms with van der Waals surface area (Å²) in [5.41, 5.74) is 5.57. The first-order valence-electron chi connectivity index (χ1n) is 9.32. The van der Waals surface area contributed by atoms with Crippen molar-refractivity contribution in [3.8, 4) is 16.9 Å². The van der Waals surface area contributed by atoms with E-state index in [1.165, 1.54) is 12.1 Å². The Morgan fingerprint density at radius 2 is 1.55 bits per heavy atom. The van der Waals surface area contributed by atoms with Gasteiger partial charge in [0, 0.05) is 28.6 Å². The fourth-order valence-electron chi connectivity index (χ4n) is 3.65. The lowest BCUT2D eigenvalue weighted by Crippen LogP contribution is -2.01. The van der Waals surface area contributed by atoms with Crippen molar-refractivity contribution in [1.82, 2.24) is 14.8 Å². The number of rotatable bonds is 2. The first kappa shape index (κ1) is 17.5. The Bertz CT molecular complexity index is 1390. The fraction of sp³-hybridized carbons (Fsp3) is 0.0833. The van der Waals surface area contributed by atoms with Crippen LogP contribution in [-0.4, -0.2) is 14.8 Å². The zero-order valence-corrected chi connectivity index (χ0v) is 15.9. The normalized spacial score (nSPS) is 11.4. The number of halogens is 2. The van der Waals surface area contributed by atoms with Crippen LogP contribution in [0.5, 0.6) is 0 Å². The molecule has 5 rings (SSSR count). The van der Waals surface area contributed by atoms with Gasteiger partial charge in [-0.25, -0.2) is 13.5 Å². The summed E-state index contributed by atoms with van der Waals surface area (Å²) in [7, 11) is 0. The Kier molecular flexibility index (Phi) is 3.91. The quantitative estimate of drug-likeness (QED) is 0.366. The molecule has 0 unspecified atom stereocenters. The average molecular weight is 385 g/mol. The van der Waals surface area contributed by atoms with Gasteiger partial charge in [-0.3, -0.25) is 4.98 Å². The van der Waals surface area contributed by atoms with Crippen molar-refractivity contribution in [3.05, 3.63) is 89.6 Å². The smallest absolute Gasteiger partial charge is 0.151 e. The summed E-state index contributed by atoms with van der Waals surface area (Å²) in [6.07, 6.45) is 1.77. The van der Waals surface area contributed by atoms with Crippen molar-refractivity contribution >= 4 is 21.8 Å². The van der Waals surface area contributed by atoms with Crippen LogP contribution in [0.2, 0.25) is 0 Å². The molecule has 0 N–H and O–H groups in total. The molecule has 0 radical (unpaired) electrons. The van der Waals surface area contributed by atoms with E-state index in [-0.39, 0.29) is 5.69 Å². The highest BCUT2D eigenvalue weighted by molar-refractivity contribution is 6.08. The molecular formula is C24H17F2N3. The molecule has 3 aromatic carbocycles. The molecule has 2 heterocycles. The van der Waals surface area contributed by atoms with Crippen molar-refractivity contribution in [3.63, 3.8) is 0 Å². The van der Waals surface area contributed by atoms with Gasteiger partial charge < -0.3 is 0 Å². The molecule has 0 atom stereocenters. The molecule has 5 heteroatoms. The molecule has 142 valence electrons. The Balaban J connectivity index is 1.92. The summed E-state index contributed by atoms with van der Waals surface area (Å²) in [5, 5.41) is 6.43. The van der Waals surface area contributed by atoms with Crippen LogP contribution < -0.4 is 0 Å². The van der Waals surface area contributed by atoms with E-state index in [9.17, 15) is 8.78 Å². The van der Waals surface area contributed by atoms with Crippen molar-refractivity contribution < 1.29 is 8.78 Å². The van der Waals surface area contributed by atoms with Gasteiger partial charge in [-0.15, -0.1) is 0 Å². The number of benzene rings is 3. The second kappa shape index (κ2) is 6.48. The van der Waals surface area contributed by atoms with Crippen molar-refractivity contribution in [2.75, 3.05) is 0 Å². The van der Waals surface area contributed by atoms with Crippen LogP contribution in [0, 0.1) is 25.5 Å². The standard InChI is InChI=1S/C24H17F2N3/c1-14-3-6-16(7-4-14)23-19-13-27-21-9-5-15(2)11-18(21)24(19)29(28-23)22-10-8-17(25)12-20(22)26/h3-13H,1-2H3. The summed E-state index contributed by atoms with van der Waals surface area (Å²) in [6.45, 7) is 4.02. The monoisotopic (exact) mass is 385 g/mol. The van der Waals surface area contributed by atoms with Crippen LogP contribution >= 0.6 is 0 Å². The molecule has 0 saturated heterocycles. The van der Waals surface area contributed by atoms with Crippen LogP contribution in [0.25, 0.3) is 38.8 Å². The van der Waals surface area contributed by atoms with Crippen LogP contribution in [-0.2, 0) is 0 Å². The van der Waals surface area contributed by atoms with E-state index in [1.54, 1.807) is 10.9 Å². The number of nitrogens with zero attached hydrogens (tertiary/aromatic N) is 3. The van der Waals surface area contributed by atoms with E-state index in [0.717, 1.165) is 44.6 Å². The molecule has 0 amide bonds. The maximum Gasteiger partial charge on any atom is 0.151 e. The van der Waals surface area contributed by atoms with E-state index in [4.69, 9.17) is 5.10 Å². The van der Waals surface area contributed by atoms with Crippen LogP contribution in [0.1, 0.15) is 11.1 Å². The fourth-order valence-corrected chi connectivity index (χ4v) is 3.65. The number of hydrogen-bond donors (Lipinski definition) is 0. The molecular weight excluding hydrogens is 368 g/mol. The van der Waals surface area contributed by atoms with E-state index in [1.807, 2.05) is 56.3 Å². The highest BCUT2D eigenvalue weighted by Crippen LogP contribution is 2.34. The number of pyridine rings is 1. The summed E-state index contributed by atoms with van der Waals surface area (Å²) in [4.78, 5) is 4.59. The second-order valence-corrected chi connectivity index (χ2v) is 7.26. The molecule has 5 aromatic rings. The van der Waals surface area contributed by atoms with Gasteiger partial charge in [0.05, 0.1) is 11.0 Å². The first-order valence-corrected chi connectivity index (χ1v) is 9.32. The van der Waals surface area contributed by atoms with Gasteiger partial charge in [0.25, 0.3) is 0 Å². The van der Waals surface area contributed by atoms with E-state index in [2.05, 4.69) is 4.98 Å². The summed E-state index contributed by atoms with van der Waals surface area (Å²) < 4.78 is 29.8. The predicted molar refractivity (Wildman–Crippen MR) is 111 cm³/mol. The number of fused-ring (bicyclic) bond motifs is 3. The maximum absolute atomic E-state index is 14.7.